The van der Waals surface area contributed by atoms with Crippen LogP contribution >= 0.6 is 0 Å². The quantitative estimate of drug-likeness (QED) is 0.403. The van der Waals surface area contributed by atoms with Gasteiger partial charge in [-0.05, 0) is 28.8 Å². The van der Waals surface area contributed by atoms with E-state index >= 15 is 0 Å². The minimum Gasteiger partial charge on any atom is -0.465 e. The molecule has 0 amide bonds. The topological polar surface area (TPSA) is 123 Å². The molecule has 5 rings (SSSR count). The van der Waals surface area contributed by atoms with E-state index in [1.165, 1.54) is 11.7 Å². The molecule has 0 saturated heterocycles. The van der Waals surface area contributed by atoms with E-state index in [0.717, 1.165) is 22.3 Å². The van der Waals surface area contributed by atoms with Gasteiger partial charge in [0.25, 0.3) is 0 Å². The molecule has 9 heteroatoms. The largest absolute Gasteiger partial charge is 0.465 e. The number of nitrogens with one attached hydrogen (secondary N) is 2. The number of benzene rings is 3. The van der Waals surface area contributed by atoms with Crippen molar-refractivity contribution in [2.24, 2.45) is 0 Å². The molecule has 0 aliphatic rings. The number of fused-ring (bicyclic) bond motifs is 1. The van der Waals surface area contributed by atoms with Gasteiger partial charge in [0.1, 0.15) is 0 Å². The minimum atomic E-state index is -0.620. The van der Waals surface area contributed by atoms with Crippen LogP contribution in [-0.4, -0.2) is 32.8 Å². The molecule has 0 aliphatic heterocycles. The fourth-order valence-electron chi connectivity index (χ4n) is 3.90. The first-order valence-corrected chi connectivity index (χ1v) is 10.1. The van der Waals surface area contributed by atoms with Crippen molar-refractivity contribution in [2.45, 2.75) is 6.54 Å². The van der Waals surface area contributed by atoms with E-state index in [4.69, 9.17) is 4.74 Å². The summed E-state index contributed by atoms with van der Waals surface area (Å²) < 4.78 is 11.0. The number of methoxy groups -OCH3 is 1. The number of nitrogens with zero attached hydrogens (tertiary/aromatic N) is 2. The number of aromatic amines is 2. The number of rotatable bonds is 5. The third-order valence-corrected chi connectivity index (χ3v) is 5.43. The summed E-state index contributed by atoms with van der Waals surface area (Å²) in [4.78, 5) is 41.5. The maximum Gasteiger partial charge on any atom is 0.439 e. The van der Waals surface area contributed by atoms with Crippen LogP contribution < -0.4 is 11.4 Å². The average molecular weight is 442 g/mol. The van der Waals surface area contributed by atoms with E-state index < -0.39 is 11.7 Å². The highest BCUT2D eigenvalue weighted by Crippen LogP contribution is 2.30. The fraction of sp³-hybridized carbons (Fsp3) is 0.0833. The van der Waals surface area contributed by atoms with E-state index in [2.05, 4.69) is 19.6 Å². The predicted octanol–water partition coefficient (Wildman–Crippen LogP) is 3.17. The predicted molar refractivity (Wildman–Crippen MR) is 121 cm³/mol. The highest BCUT2D eigenvalue weighted by molar-refractivity contribution is 6.02. The summed E-state index contributed by atoms with van der Waals surface area (Å²) in [6.45, 7) is 0.269. The molecule has 164 valence electrons. The van der Waals surface area contributed by atoms with Crippen LogP contribution in [0.3, 0.4) is 0 Å². The number of para-hydroxylation sites is 1. The smallest absolute Gasteiger partial charge is 0.439 e. The summed E-state index contributed by atoms with van der Waals surface area (Å²) in [5.74, 6) is -0.780. The molecule has 0 aliphatic carbocycles. The van der Waals surface area contributed by atoms with E-state index in [0.29, 0.717) is 22.4 Å². The number of hydrogen-bond donors (Lipinski definition) is 2. The summed E-state index contributed by atoms with van der Waals surface area (Å²) in [7, 11) is 1.31. The highest BCUT2D eigenvalue weighted by atomic mass is 16.5. The van der Waals surface area contributed by atoms with Gasteiger partial charge in [-0.3, -0.25) is 14.1 Å². The lowest BCUT2D eigenvalue weighted by Gasteiger charge is -2.10. The van der Waals surface area contributed by atoms with Gasteiger partial charge >= 0.3 is 17.4 Å². The summed E-state index contributed by atoms with van der Waals surface area (Å²) in [6.07, 6.45) is 0. The standard InChI is InChI=1S/C24H18N4O5/c1-32-22(29)18-7-4-8-19-20(18)28(23(30)25-19)13-14-9-11-15(12-10-14)16-5-2-3-6-17(16)21-26-24(31)33-27-21/h2-12H,13H2,1H3,(H,25,30)(H,26,27,31). The van der Waals surface area contributed by atoms with Crippen LogP contribution in [0.25, 0.3) is 33.5 Å². The zero-order valence-corrected chi connectivity index (χ0v) is 17.5. The number of imidazole rings is 1. The molecule has 0 fully saturated rings. The number of carbonyl (C=O) groups is 1. The Morgan fingerprint density at radius 2 is 1.73 bits per heavy atom. The van der Waals surface area contributed by atoms with E-state index in [9.17, 15) is 14.4 Å². The van der Waals surface area contributed by atoms with Gasteiger partial charge in [-0.25, -0.2) is 14.4 Å². The van der Waals surface area contributed by atoms with Gasteiger partial charge in [0.05, 0.1) is 30.3 Å². The average Bonchev–Trinajstić information content (AvgIpc) is 3.41. The van der Waals surface area contributed by atoms with E-state index in [-0.39, 0.29) is 12.2 Å². The molecule has 0 saturated carbocycles. The lowest BCUT2D eigenvalue weighted by molar-refractivity contribution is 0.0602. The first kappa shape index (κ1) is 20.3. The Hall–Kier alpha value is -4.66. The Morgan fingerprint density at radius 1 is 0.970 bits per heavy atom. The van der Waals surface area contributed by atoms with Crippen molar-refractivity contribution in [3.63, 3.8) is 0 Å². The van der Waals surface area contributed by atoms with Crippen LogP contribution in [0, 0.1) is 0 Å². The van der Waals surface area contributed by atoms with Gasteiger partial charge in [-0.2, -0.15) is 0 Å². The Balaban J connectivity index is 1.51. The van der Waals surface area contributed by atoms with Crippen LogP contribution in [0.4, 0.5) is 0 Å². The summed E-state index contributed by atoms with van der Waals surface area (Å²) >= 11 is 0. The summed E-state index contributed by atoms with van der Waals surface area (Å²) in [6, 6.07) is 20.2. The number of aromatic nitrogens is 4. The Morgan fingerprint density at radius 3 is 2.42 bits per heavy atom. The molecule has 33 heavy (non-hydrogen) atoms. The Bertz CT molecular complexity index is 1590. The van der Waals surface area contributed by atoms with Crippen LogP contribution in [0.2, 0.25) is 0 Å². The number of ether oxygens (including phenoxy) is 1. The van der Waals surface area contributed by atoms with Gasteiger partial charge in [0.15, 0.2) is 5.82 Å². The lowest BCUT2D eigenvalue weighted by Crippen LogP contribution is -2.18. The lowest BCUT2D eigenvalue weighted by atomic mass is 9.98. The number of esters is 1. The third-order valence-electron chi connectivity index (χ3n) is 5.43. The second-order valence-electron chi connectivity index (χ2n) is 7.40. The monoisotopic (exact) mass is 442 g/mol. The van der Waals surface area contributed by atoms with Crippen LogP contribution in [0.5, 0.6) is 0 Å². The third kappa shape index (κ3) is 3.65. The molecule has 9 nitrogen and oxygen atoms in total. The minimum absolute atomic E-state index is 0.269. The molecule has 0 atom stereocenters. The van der Waals surface area contributed by atoms with Crippen molar-refractivity contribution >= 4 is 17.0 Å². The second-order valence-corrected chi connectivity index (χ2v) is 7.40. The molecule has 5 aromatic rings. The van der Waals surface area contributed by atoms with Gasteiger partial charge in [0.2, 0.25) is 0 Å². The molecular weight excluding hydrogens is 424 g/mol. The molecule has 0 unspecified atom stereocenters. The van der Waals surface area contributed by atoms with Crippen molar-refractivity contribution < 1.29 is 14.1 Å². The molecule has 2 heterocycles. The molecular formula is C24H18N4O5. The Kier molecular flexibility index (Phi) is 4.98. The second kappa shape index (κ2) is 8.12. The molecule has 2 N–H and O–H groups in total. The first-order valence-electron chi connectivity index (χ1n) is 10.1. The van der Waals surface area contributed by atoms with Gasteiger partial charge < -0.3 is 9.72 Å². The Labute approximate surface area is 186 Å². The molecule has 3 aromatic carbocycles. The van der Waals surface area contributed by atoms with Crippen LogP contribution in [0.1, 0.15) is 15.9 Å². The summed E-state index contributed by atoms with van der Waals surface area (Å²) in [5.41, 5.74) is 4.44. The maximum atomic E-state index is 12.6. The first-order chi connectivity index (χ1) is 16.0. The van der Waals surface area contributed by atoms with E-state index in [1.807, 2.05) is 48.5 Å². The fourth-order valence-corrected chi connectivity index (χ4v) is 3.90. The normalized spacial score (nSPS) is 11.1. The van der Waals surface area contributed by atoms with Crippen molar-refractivity contribution in [3.05, 3.63) is 98.9 Å². The number of hydrogen-bond acceptors (Lipinski definition) is 6. The molecule has 0 radical (unpaired) electrons. The van der Waals surface area contributed by atoms with Crippen molar-refractivity contribution in [1.82, 2.24) is 19.7 Å². The van der Waals surface area contributed by atoms with Gasteiger partial charge in [0, 0.05) is 5.56 Å². The molecule has 0 spiro atoms. The zero-order valence-electron chi connectivity index (χ0n) is 17.5. The van der Waals surface area contributed by atoms with Crippen molar-refractivity contribution in [1.29, 1.82) is 0 Å². The van der Waals surface area contributed by atoms with Crippen molar-refractivity contribution in [2.75, 3.05) is 7.11 Å². The van der Waals surface area contributed by atoms with E-state index in [1.54, 1.807) is 18.2 Å². The maximum absolute atomic E-state index is 12.6. The number of H-pyrrole nitrogens is 2. The molecule has 2 aromatic heterocycles. The van der Waals surface area contributed by atoms with Crippen LogP contribution in [0.15, 0.2) is 80.8 Å². The molecule has 0 bridgehead atoms. The zero-order chi connectivity index (χ0) is 22.9. The van der Waals surface area contributed by atoms with Crippen molar-refractivity contribution in [3.8, 4) is 22.5 Å². The summed E-state index contributed by atoms with van der Waals surface area (Å²) in [5, 5.41) is 3.79. The van der Waals surface area contributed by atoms with Gasteiger partial charge in [-0.1, -0.05) is 59.8 Å². The number of carbonyl (C=O) groups excluding carboxylic acids is 1. The highest BCUT2D eigenvalue weighted by Gasteiger charge is 2.17. The SMILES string of the molecule is COC(=O)c1cccc2[nH]c(=O)n(Cc3ccc(-c4ccccc4-c4noc(=O)[nH]4)cc3)c12. The van der Waals surface area contributed by atoms with Crippen LogP contribution in [-0.2, 0) is 11.3 Å². The van der Waals surface area contributed by atoms with Gasteiger partial charge in [-0.15, -0.1) is 0 Å².